The second-order valence-corrected chi connectivity index (χ2v) is 7.11. The van der Waals surface area contributed by atoms with Crippen molar-refractivity contribution in [2.24, 2.45) is 0 Å². The van der Waals surface area contributed by atoms with E-state index >= 15 is 0 Å². The molecule has 0 amide bonds. The Labute approximate surface area is 165 Å². The zero-order valence-electron chi connectivity index (χ0n) is 15.1. The van der Waals surface area contributed by atoms with Gasteiger partial charge in [-0.05, 0) is 30.5 Å². The van der Waals surface area contributed by atoms with E-state index in [1.165, 1.54) is 17.6 Å². The molecular formula is C20H17N3O4S. The maximum absolute atomic E-state index is 12.0. The summed E-state index contributed by atoms with van der Waals surface area (Å²) in [5.74, 6) is 1.07. The van der Waals surface area contributed by atoms with Gasteiger partial charge in [-0.1, -0.05) is 28.9 Å². The van der Waals surface area contributed by atoms with Gasteiger partial charge >= 0.3 is 5.97 Å². The SMILES string of the molecule is Cc1ccc(-c2nc(COC(=O)CCc3nc(-c4cccs4)no3)co2)cc1. The fraction of sp³-hybridized carbons (Fsp3) is 0.200. The summed E-state index contributed by atoms with van der Waals surface area (Å²) in [5.41, 5.74) is 2.59. The van der Waals surface area contributed by atoms with E-state index in [2.05, 4.69) is 15.1 Å². The van der Waals surface area contributed by atoms with Crippen molar-refractivity contribution < 1.29 is 18.5 Å². The molecule has 0 fully saturated rings. The van der Waals surface area contributed by atoms with Gasteiger partial charge in [0.2, 0.25) is 17.6 Å². The molecule has 7 nitrogen and oxygen atoms in total. The third-order valence-electron chi connectivity index (χ3n) is 3.98. The van der Waals surface area contributed by atoms with Crippen molar-refractivity contribution in [2.75, 3.05) is 0 Å². The van der Waals surface area contributed by atoms with E-state index in [0.29, 0.717) is 29.7 Å². The third kappa shape index (κ3) is 4.34. The van der Waals surface area contributed by atoms with Crippen molar-refractivity contribution in [3.63, 3.8) is 0 Å². The second kappa shape index (κ2) is 8.18. The summed E-state index contributed by atoms with van der Waals surface area (Å²) in [6, 6.07) is 11.7. The minimum Gasteiger partial charge on any atom is -0.459 e. The Morgan fingerprint density at radius 1 is 1.18 bits per heavy atom. The molecule has 1 aromatic carbocycles. The molecule has 0 radical (unpaired) electrons. The molecule has 0 aliphatic heterocycles. The molecule has 3 aromatic heterocycles. The van der Waals surface area contributed by atoms with E-state index in [1.54, 1.807) is 0 Å². The standard InChI is InChI=1S/C20H17N3O4S/c1-13-4-6-14(7-5-13)20-21-15(12-26-20)11-25-18(24)9-8-17-22-19(23-27-17)16-3-2-10-28-16/h2-7,10,12H,8-9,11H2,1H3. The Balaban J connectivity index is 1.26. The van der Waals surface area contributed by atoms with Crippen molar-refractivity contribution in [3.8, 4) is 22.2 Å². The molecule has 0 spiro atoms. The summed E-state index contributed by atoms with van der Waals surface area (Å²) in [7, 11) is 0. The van der Waals surface area contributed by atoms with Crippen LogP contribution >= 0.6 is 11.3 Å². The van der Waals surface area contributed by atoms with Gasteiger partial charge in [0, 0.05) is 12.0 Å². The first kappa shape index (κ1) is 18.1. The lowest BCUT2D eigenvalue weighted by atomic mass is 10.1. The molecule has 0 aliphatic carbocycles. The molecule has 0 unspecified atom stereocenters. The van der Waals surface area contributed by atoms with Crippen LogP contribution in [0.2, 0.25) is 0 Å². The minimum atomic E-state index is -0.365. The maximum Gasteiger partial charge on any atom is 0.306 e. The first-order valence-corrected chi connectivity index (χ1v) is 9.59. The summed E-state index contributed by atoms with van der Waals surface area (Å²) in [5, 5.41) is 5.86. The van der Waals surface area contributed by atoms with Crippen molar-refractivity contribution in [2.45, 2.75) is 26.4 Å². The lowest BCUT2D eigenvalue weighted by Crippen LogP contribution is -2.06. The Morgan fingerprint density at radius 2 is 2.04 bits per heavy atom. The quantitative estimate of drug-likeness (QED) is 0.427. The molecular weight excluding hydrogens is 378 g/mol. The largest absolute Gasteiger partial charge is 0.459 e. The molecule has 3 heterocycles. The first-order chi connectivity index (χ1) is 13.7. The minimum absolute atomic E-state index is 0.0540. The fourth-order valence-corrected chi connectivity index (χ4v) is 3.15. The zero-order chi connectivity index (χ0) is 19.3. The number of oxazole rings is 1. The van der Waals surface area contributed by atoms with Crippen LogP contribution in [0.25, 0.3) is 22.2 Å². The normalized spacial score (nSPS) is 10.9. The lowest BCUT2D eigenvalue weighted by Gasteiger charge is -2.00. The molecule has 8 heteroatoms. The molecule has 4 aromatic rings. The van der Waals surface area contributed by atoms with Gasteiger partial charge in [-0.15, -0.1) is 11.3 Å². The first-order valence-electron chi connectivity index (χ1n) is 8.71. The van der Waals surface area contributed by atoms with Crippen LogP contribution in [0, 0.1) is 6.92 Å². The number of aromatic nitrogens is 3. The molecule has 0 N–H and O–H groups in total. The molecule has 0 aliphatic rings. The fourth-order valence-electron chi connectivity index (χ4n) is 2.50. The summed E-state index contributed by atoms with van der Waals surface area (Å²) < 4.78 is 15.9. The molecule has 0 atom stereocenters. The highest BCUT2D eigenvalue weighted by Gasteiger charge is 2.13. The number of aryl methyl sites for hydroxylation is 2. The second-order valence-electron chi connectivity index (χ2n) is 6.16. The van der Waals surface area contributed by atoms with Crippen molar-refractivity contribution in [1.82, 2.24) is 15.1 Å². The summed E-state index contributed by atoms with van der Waals surface area (Å²) in [6.45, 7) is 2.07. The smallest absolute Gasteiger partial charge is 0.306 e. The average molecular weight is 395 g/mol. The average Bonchev–Trinajstić information content (AvgIpc) is 3.46. The Kier molecular flexibility index (Phi) is 5.29. The van der Waals surface area contributed by atoms with Crippen LogP contribution in [0.1, 0.15) is 23.6 Å². The monoisotopic (exact) mass is 395 g/mol. The number of hydrogen-bond acceptors (Lipinski definition) is 8. The van der Waals surface area contributed by atoms with Crippen molar-refractivity contribution in [1.29, 1.82) is 0 Å². The van der Waals surface area contributed by atoms with E-state index in [0.717, 1.165) is 16.0 Å². The van der Waals surface area contributed by atoms with Crippen LogP contribution in [0.5, 0.6) is 0 Å². The highest BCUT2D eigenvalue weighted by Crippen LogP contribution is 2.22. The summed E-state index contributed by atoms with van der Waals surface area (Å²) in [4.78, 5) is 21.5. The number of rotatable bonds is 7. The van der Waals surface area contributed by atoms with Crippen LogP contribution in [-0.2, 0) is 22.6 Å². The maximum atomic E-state index is 12.0. The Hall–Kier alpha value is -3.26. The number of carbonyl (C=O) groups is 1. The number of nitrogens with zero attached hydrogens (tertiary/aromatic N) is 3. The van der Waals surface area contributed by atoms with E-state index in [4.69, 9.17) is 13.7 Å². The number of esters is 1. The van der Waals surface area contributed by atoms with Crippen LogP contribution in [0.3, 0.4) is 0 Å². The third-order valence-corrected chi connectivity index (χ3v) is 4.85. The van der Waals surface area contributed by atoms with Gasteiger partial charge in [0.05, 0.1) is 11.3 Å². The molecule has 0 bridgehead atoms. The highest BCUT2D eigenvalue weighted by atomic mass is 32.1. The zero-order valence-corrected chi connectivity index (χ0v) is 15.9. The van der Waals surface area contributed by atoms with Crippen molar-refractivity contribution in [3.05, 3.63) is 65.2 Å². The van der Waals surface area contributed by atoms with Gasteiger partial charge in [-0.3, -0.25) is 4.79 Å². The van der Waals surface area contributed by atoms with Crippen LogP contribution in [-0.4, -0.2) is 21.1 Å². The summed E-state index contributed by atoms with van der Waals surface area (Å²) in [6.07, 6.45) is 1.97. The number of ether oxygens (including phenoxy) is 1. The van der Waals surface area contributed by atoms with E-state index in [1.807, 2.05) is 48.7 Å². The molecule has 0 saturated carbocycles. The molecule has 28 heavy (non-hydrogen) atoms. The van der Waals surface area contributed by atoms with Crippen molar-refractivity contribution >= 4 is 17.3 Å². The van der Waals surface area contributed by atoms with Gasteiger partial charge in [-0.2, -0.15) is 4.98 Å². The van der Waals surface area contributed by atoms with E-state index in [-0.39, 0.29) is 19.0 Å². The number of benzene rings is 1. The van der Waals surface area contributed by atoms with E-state index in [9.17, 15) is 4.79 Å². The number of thiophene rings is 1. The van der Waals surface area contributed by atoms with Crippen LogP contribution < -0.4 is 0 Å². The predicted octanol–water partition coefficient (Wildman–Crippen LogP) is 4.44. The summed E-state index contributed by atoms with van der Waals surface area (Å²) >= 11 is 1.53. The van der Waals surface area contributed by atoms with Crippen LogP contribution in [0.4, 0.5) is 0 Å². The van der Waals surface area contributed by atoms with Gasteiger partial charge in [0.1, 0.15) is 18.6 Å². The number of carbonyl (C=O) groups excluding carboxylic acids is 1. The molecule has 0 saturated heterocycles. The molecule has 142 valence electrons. The Morgan fingerprint density at radius 3 is 2.82 bits per heavy atom. The van der Waals surface area contributed by atoms with Gasteiger partial charge in [-0.25, -0.2) is 4.98 Å². The molecule has 4 rings (SSSR count). The Bertz CT molecular complexity index is 1050. The predicted molar refractivity (Wildman–Crippen MR) is 102 cm³/mol. The van der Waals surface area contributed by atoms with Gasteiger partial charge < -0.3 is 13.7 Å². The highest BCUT2D eigenvalue weighted by molar-refractivity contribution is 7.13. The van der Waals surface area contributed by atoms with Gasteiger partial charge in [0.15, 0.2) is 0 Å². The lowest BCUT2D eigenvalue weighted by molar-refractivity contribution is -0.145. The van der Waals surface area contributed by atoms with E-state index < -0.39 is 0 Å². The topological polar surface area (TPSA) is 91.2 Å². The van der Waals surface area contributed by atoms with Gasteiger partial charge in [0.25, 0.3) is 0 Å². The number of hydrogen-bond donors (Lipinski definition) is 0. The van der Waals surface area contributed by atoms with Crippen LogP contribution in [0.15, 0.2) is 57.0 Å².